The quantitative estimate of drug-likeness (QED) is 0.433. The lowest BCUT2D eigenvalue weighted by Crippen LogP contribution is -2.21. The number of nitrogens with zero attached hydrogens (tertiary/aromatic N) is 1. The first-order valence-corrected chi connectivity index (χ1v) is 3.09. The minimum Gasteiger partial charge on any atom is -0.363 e. The van der Waals surface area contributed by atoms with Crippen LogP contribution in [0.3, 0.4) is 0 Å². The standard InChI is InChI=1S/C6H14N2/c1-3-5-8(4-2)6-7/h6-7H,3-5H2,1-2H3. The Morgan fingerprint density at radius 2 is 2.12 bits per heavy atom. The van der Waals surface area contributed by atoms with Crippen molar-refractivity contribution in [2.45, 2.75) is 20.3 Å². The summed E-state index contributed by atoms with van der Waals surface area (Å²) in [6, 6.07) is 0. The van der Waals surface area contributed by atoms with Crippen molar-refractivity contribution in [3.8, 4) is 0 Å². The zero-order chi connectivity index (χ0) is 6.41. The Hall–Kier alpha value is -0.530. The Balaban J connectivity index is 3.21. The van der Waals surface area contributed by atoms with E-state index in [2.05, 4.69) is 13.8 Å². The van der Waals surface area contributed by atoms with Crippen LogP contribution < -0.4 is 0 Å². The summed E-state index contributed by atoms with van der Waals surface area (Å²) in [6.45, 7) is 6.14. The molecule has 0 radical (unpaired) electrons. The molecule has 0 spiro atoms. The van der Waals surface area contributed by atoms with Crippen LogP contribution in [0.1, 0.15) is 20.3 Å². The van der Waals surface area contributed by atoms with Gasteiger partial charge >= 0.3 is 0 Å². The highest BCUT2D eigenvalue weighted by Crippen LogP contribution is 1.83. The number of nitrogens with one attached hydrogen (secondary N) is 1. The third kappa shape index (κ3) is 2.61. The van der Waals surface area contributed by atoms with E-state index >= 15 is 0 Å². The Morgan fingerprint density at radius 1 is 1.50 bits per heavy atom. The molecular formula is C6H14N2. The van der Waals surface area contributed by atoms with Crippen molar-refractivity contribution in [2.24, 2.45) is 0 Å². The average molecular weight is 114 g/mol. The summed E-state index contributed by atoms with van der Waals surface area (Å²) in [6.07, 6.45) is 2.52. The third-order valence-electron chi connectivity index (χ3n) is 1.10. The fourth-order valence-electron chi connectivity index (χ4n) is 0.601. The zero-order valence-corrected chi connectivity index (χ0v) is 5.65. The molecule has 0 aliphatic rings. The topological polar surface area (TPSA) is 27.1 Å². The van der Waals surface area contributed by atoms with Gasteiger partial charge in [-0.3, -0.25) is 5.41 Å². The molecule has 0 atom stereocenters. The van der Waals surface area contributed by atoms with Gasteiger partial charge in [0.2, 0.25) is 0 Å². The molecule has 2 nitrogen and oxygen atoms in total. The molecule has 0 rings (SSSR count). The van der Waals surface area contributed by atoms with Crippen LogP contribution in [0.2, 0.25) is 0 Å². The van der Waals surface area contributed by atoms with Gasteiger partial charge in [-0.1, -0.05) is 6.92 Å². The molecule has 0 aliphatic carbocycles. The predicted octanol–water partition coefficient (Wildman–Crippen LogP) is 1.33. The molecule has 0 fully saturated rings. The molecule has 0 aliphatic heterocycles. The van der Waals surface area contributed by atoms with E-state index in [4.69, 9.17) is 5.41 Å². The normalized spacial score (nSPS) is 8.75. The Bertz CT molecular complexity index is 61.5. The van der Waals surface area contributed by atoms with E-state index in [1.807, 2.05) is 4.90 Å². The lowest BCUT2D eigenvalue weighted by atomic mass is 10.4. The molecule has 2 heteroatoms. The lowest BCUT2D eigenvalue weighted by molar-refractivity contribution is 0.450. The van der Waals surface area contributed by atoms with Crippen molar-refractivity contribution in [1.82, 2.24) is 4.90 Å². The highest BCUT2D eigenvalue weighted by atomic mass is 15.1. The molecule has 8 heavy (non-hydrogen) atoms. The molecule has 0 aromatic rings. The van der Waals surface area contributed by atoms with Gasteiger partial charge in [0.15, 0.2) is 0 Å². The fraction of sp³-hybridized carbons (Fsp3) is 0.833. The van der Waals surface area contributed by atoms with Gasteiger partial charge in [-0.15, -0.1) is 0 Å². The minimum atomic E-state index is 0.956. The van der Waals surface area contributed by atoms with Gasteiger partial charge in [-0.05, 0) is 13.3 Å². The maximum Gasteiger partial charge on any atom is 0.0817 e. The molecule has 0 amide bonds. The van der Waals surface area contributed by atoms with E-state index in [0.717, 1.165) is 19.5 Å². The molecule has 0 aromatic heterocycles. The van der Waals surface area contributed by atoms with Crippen LogP contribution >= 0.6 is 0 Å². The molecule has 0 saturated heterocycles. The summed E-state index contributed by atoms with van der Waals surface area (Å²) in [5.74, 6) is 0. The van der Waals surface area contributed by atoms with E-state index in [9.17, 15) is 0 Å². The minimum absolute atomic E-state index is 0.956. The summed E-state index contributed by atoms with van der Waals surface area (Å²) in [4.78, 5) is 1.97. The van der Waals surface area contributed by atoms with Crippen LogP contribution in [0.25, 0.3) is 0 Å². The summed E-state index contributed by atoms with van der Waals surface area (Å²) in [5, 5.41) is 6.86. The monoisotopic (exact) mass is 114 g/mol. The molecule has 1 N–H and O–H groups in total. The van der Waals surface area contributed by atoms with E-state index in [1.54, 1.807) is 0 Å². The molecule has 0 bridgehead atoms. The van der Waals surface area contributed by atoms with Gasteiger partial charge in [-0.2, -0.15) is 0 Å². The number of hydrogen-bond donors (Lipinski definition) is 1. The third-order valence-corrected chi connectivity index (χ3v) is 1.10. The first-order chi connectivity index (χ1) is 3.85. The molecule has 48 valence electrons. The van der Waals surface area contributed by atoms with Crippen LogP contribution in [-0.4, -0.2) is 24.3 Å². The fourth-order valence-corrected chi connectivity index (χ4v) is 0.601. The van der Waals surface area contributed by atoms with Gasteiger partial charge in [0, 0.05) is 13.1 Å². The van der Waals surface area contributed by atoms with Crippen LogP contribution in [0.4, 0.5) is 0 Å². The maximum atomic E-state index is 6.86. The van der Waals surface area contributed by atoms with Gasteiger partial charge in [-0.25, -0.2) is 0 Å². The average Bonchev–Trinajstić information content (AvgIpc) is 1.83. The lowest BCUT2D eigenvalue weighted by Gasteiger charge is -2.13. The molecular weight excluding hydrogens is 100 g/mol. The number of hydrogen-bond acceptors (Lipinski definition) is 1. The second kappa shape index (κ2) is 4.62. The van der Waals surface area contributed by atoms with Crippen molar-refractivity contribution in [3.63, 3.8) is 0 Å². The van der Waals surface area contributed by atoms with E-state index in [-0.39, 0.29) is 0 Å². The van der Waals surface area contributed by atoms with E-state index < -0.39 is 0 Å². The zero-order valence-electron chi connectivity index (χ0n) is 5.65. The van der Waals surface area contributed by atoms with Gasteiger partial charge in [0.05, 0.1) is 6.34 Å². The summed E-state index contributed by atoms with van der Waals surface area (Å²) < 4.78 is 0. The van der Waals surface area contributed by atoms with Crippen LogP contribution in [0, 0.1) is 5.41 Å². The summed E-state index contributed by atoms with van der Waals surface area (Å²) in [7, 11) is 0. The highest BCUT2D eigenvalue weighted by molar-refractivity contribution is 5.50. The Kier molecular flexibility index (Phi) is 4.32. The second-order valence-electron chi connectivity index (χ2n) is 1.76. The SMILES string of the molecule is CCCN(C=N)CC. The summed E-state index contributed by atoms with van der Waals surface area (Å²) in [5.41, 5.74) is 0. The van der Waals surface area contributed by atoms with Crippen molar-refractivity contribution >= 4 is 6.34 Å². The van der Waals surface area contributed by atoms with Gasteiger partial charge < -0.3 is 4.90 Å². The van der Waals surface area contributed by atoms with Crippen molar-refractivity contribution in [3.05, 3.63) is 0 Å². The van der Waals surface area contributed by atoms with Crippen LogP contribution in [0.5, 0.6) is 0 Å². The molecule has 0 saturated carbocycles. The van der Waals surface area contributed by atoms with Crippen LogP contribution in [0.15, 0.2) is 0 Å². The molecule has 0 aromatic carbocycles. The van der Waals surface area contributed by atoms with Crippen molar-refractivity contribution in [2.75, 3.05) is 13.1 Å². The highest BCUT2D eigenvalue weighted by Gasteiger charge is 1.89. The van der Waals surface area contributed by atoms with Crippen molar-refractivity contribution < 1.29 is 0 Å². The molecule has 0 unspecified atom stereocenters. The van der Waals surface area contributed by atoms with Gasteiger partial charge in [0.1, 0.15) is 0 Å². The van der Waals surface area contributed by atoms with E-state index in [1.165, 1.54) is 6.34 Å². The van der Waals surface area contributed by atoms with E-state index in [0.29, 0.717) is 0 Å². The largest absolute Gasteiger partial charge is 0.363 e. The first kappa shape index (κ1) is 7.47. The van der Waals surface area contributed by atoms with Crippen LogP contribution in [-0.2, 0) is 0 Å². The number of rotatable bonds is 4. The summed E-state index contributed by atoms with van der Waals surface area (Å²) >= 11 is 0. The first-order valence-electron chi connectivity index (χ1n) is 3.09. The Labute approximate surface area is 51.0 Å². The van der Waals surface area contributed by atoms with Crippen molar-refractivity contribution in [1.29, 1.82) is 5.41 Å². The maximum absolute atomic E-state index is 6.86. The Morgan fingerprint density at radius 3 is 2.25 bits per heavy atom. The second-order valence-corrected chi connectivity index (χ2v) is 1.76. The predicted molar refractivity (Wildman–Crippen MR) is 36.3 cm³/mol. The van der Waals surface area contributed by atoms with Gasteiger partial charge in [0.25, 0.3) is 0 Å². The molecule has 0 heterocycles. The smallest absolute Gasteiger partial charge is 0.0817 e.